The van der Waals surface area contributed by atoms with Crippen LogP contribution in [0.5, 0.6) is 11.5 Å². The lowest BCUT2D eigenvalue weighted by molar-refractivity contribution is -0.129. The number of halogens is 1. The van der Waals surface area contributed by atoms with E-state index in [9.17, 15) is 4.79 Å². The van der Waals surface area contributed by atoms with Crippen molar-refractivity contribution in [1.82, 2.24) is 4.90 Å². The van der Waals surface area contributed by atoms with E-state index in [0.29, 0.717) is 24.5 Å². The molecule has 0 saturated carbocycles. The summed E-state index contributed by atoms with van der Waals surface area (Å²) < 4.78 is 10.4. The molecule has 1 atom stereocenters. The fraction of sp³-hybridized carbons (Fsp3) is 0.533. The molecule has 0 fully saturated rings. The first kappa shape index (κ1) is 16.6. The van der Waals surface area contributed by atoms with E-state index >= 15 is 0 Å². The molecule has 4 nitrogen and oxygen atoms in total. The van der Waals surface area contributed by atoms with Gasteiger partial charge in [0, 0.05) is 19.0 Å². The zero-order chi connectivity index (χ0) is 15.1. The number of likely N-dealkylation sites (N-methyl/N-ethyl adjacent to an activating group) is 1. The third kappa shape index (κ3) is 4.93. The van der Waals surface area contributed by atoms with Crippen LogP contribution in [0.2, 0.25) is 0 Å². The van der Waals surface area contributed by atoms with E-state index in [1.807, 2.05) is 25.1 Å². The number of carbonyl (C=O) groups excluding carboxylic acids is 1. The standard InChI is InChI=1S/C15H22ClNO3/c1-11(16)7-8-17(2)15(18)10-12-5-6-13(19-3)14(9-12)20-4/h5-6,9,11H,7-8,10H2,1-4H3. The zero-order valence-corrected chi connectivity index (χ0v) is 13.2. The van der Waals surface area contributed by atoms with E-state index in [2.05, 4.69) is 0 Å². The predicted molar refractivity (Wildman–Crippen MR) is 80.8 cm³/mol. The van der Waals surface area contributed by atoms with Crippen molar-refractivity contribution in [3.05, 3.63) is 23.8 Å². The van der Waals surface area contributed by atoms with Crippen LogP contribution in [0.4, 0.5) is 0 Å². The molecular formula is C15H22ClNO3. The Morgan fingerprint density at radius 3 is 2.50 bits per heavy atom. The molecular weight excluding hydrogens is 278 g/mol. The van der Waals surface area contributed by atoms with Gasteiger partial charge in [0.25, 0.3) is 0 Å². The quantitative estimate of drug-likeness (QED) is 0.727. The number of rotatable bonds is 7. The molecule has 0 aliphatic heterocycles. The van der Waals surface area contributed by atoms with Crippen LogP contribution < -0.4 is 9.47 Å². The van der Waals surface area contributed by atoms with E-state index < -0.39 is 0 Å². The Kier molecular flexibility index (Phi) is 6.65. The highest BCUT2D eigenvalue weighted by Crippen LogP contribution is 2.27. The lowest BCUT2D eigenvalue weighted by Gasteiger charge is -2.18. The average molecular weight is 300 g/mol. The molecule has 112 valence electrons. The van der Waals surface area contributed by atoms with Crippen LogP contribution in [0, 0.1) is 0 Å². The summed E-state index contributed by atoms with van der Waals surface area (Å²) in [6, 6.07) is 5.51. The van der Waals surface area contributed by atoms with Crippen LogP contribution in [0.3, 0.4) is 0 Å². The number of benzene rings is 1. The van der Waals surface area contributed by atoms with Gasteiger partial charge < -0.3 is 14.4 Å². The zero-order valence-electron chi connectivity index (χ0n) is 12.5. The van der Waals surface area contributed by atoms with Crippen LogP contribution in [-0.2, 0) is 11.2 Å². The number of nitrogens with zero attached hydrogens (tertiary/aromatic N) is 1. The number of methoxy groups -OCH3 is 2. The summed E-state index contributed by atoms with van der Waals surface area (Å²) in [5.74, 6) is 1.36. The summed E-state index contributed by atoms with van der Waals surface area (Å²) >= 11 is 5.89. The topological polar surface area (TPSA) is 38.8 Å². The fourth-order valence-corrected chi connectivity index (χ4v) is 1.89. The maximum atomic E-state index is 12.1. The normalized spacial score (nSPS) is 11.8. The molecule has 1 aromatic carbocycles. The van der Waals surface area contributed by atoms with Crippen LogP contribution in [0.15, 0.2) is 18.2 Å². The van der Waals surface area contributed by atoms with Gasteiger partial charge in [-0.05, 0) is 31.0 Å². The first-order chi connectivity index (χ1) is 9.47. The van der Waals surface area contributed by atoms with Crippen molar-refractivity contribution in [3.8, 4) is 11.5 Å². The van der Waals surface area contributed by atoms with E-state index in [4.69, 9.17) is 21.1 Å². The monoisotopic (exact) mass is 299 g/mol. The summed E-state index contributed by atoms with van der Waals surface area (Å²) in [5, 5.41) is 0.0753. The molecule has 0 N–H and O–H groups in total. The molecule has 0 spiro atoms. The Morgan fingerprint density at radius 2 is 1.95 bits per heavy atom. The van der Waals surface area contributed by atoms with Gasteiger partial charge in [0.1, 0.15) is 0 Å². The van der Waals surface area contributed by atoms with Crippen molar-refractivity contribution < 1.29 is 14.3 Å². The van der Waals surface area contributed by atoms with Gasteiger partial charge in [0.05, 0.1) is 20.6 Å². The van der Waals surface area contributed by atoms with Crippen molar-refractivity contribution in [1.29, 1.82) is 0 Å². The summed E-state index contributed by atoms with van der Waals surface area (Å²) in [7, 11) is 4.96. The highest BCUT2D eigenvalue weighted by Gasteiger charge is 2.12. The molecule has 1 unspecified atom stereocenters. The second-order valence-corrected chi connectivity index (χ2v) is 5.50. The molecule has 0 aliphatic carbocycles. The van der Waals surface area contributed by atoms with Crippen molar-refractivity contribution >= 4 is 17.5 Å². The molecule has 0 aliphatic rings. The molecule has 1 aromatic rings. The van der Waals surface area contributed by atoms with Crippen molar-refractivity contribution in [2.45, 2.75) is 25.1 Å². The Balaban J connectivity index is 2.66. The van der Waals surface area contributed by atoms with Gasteiger partial charge in [0.15, 0.2) is 11.5 Å². The fourth-order valence-electron chi connectivity index (χ4n) is 1.80. The summed E-state index contributed by atoms with van der Waals surface area (Å²) in [6.07, 6.45) is 1.13. The minimum atomic E-state index is 0.0644. The highest BCUT2D eigenvalue weighted by atomic mass is 35.5. The SMILES string of the molecule is COc1ccc(CC(=O)N(C)CCC(C)Cl)cc1OC. The third-order valence-electron chi connectivity index (χ3n) is 3.09. The van der Waals surface area contributed by atoms with E-state index in [1.54, 1.807) is 26.2 Å². The largest absolute Gasteiger partial charge is 0.493 e. The molecule has 1 rings (SSSR count). The van der Waals surface area contributed by atoms with Gasteiger partial charge in [-0.15, -0.1) is 11.6 Å². The number of hydrogen-bond donors (Lipinski definition) is 0. The van der Waals surface area contributed by atoms with E-state index in [0.717, 1.165) is 12.0 Å². The molecule has 0 bridgehead atoms. The third-order valence-corrected chi connectivity index (χ3v) is 3.31. The first-order valence-corrected chi connectivity index (χ1v) is 7.00. The van der Waals surface area contributed by atoms with Gasteiger partial charge in [0.2, 0.25) is 5.91 Å². The molecule has 0 saturated heterocycles. The molecule has 20 heavy (non-hydrogen) atoms. The molecule has 0 aromatic heterocycles. The average Bonchev–Trinajstić information content (AvgIpc) is 2.44. The minimum absolute atomic E-state index is 0.0644. The Labute approximate surface area is 125 Å². The van der Waals surface area contributed by atoms with E-state index in [1.165, 1.54) is 0 Å². The number of hydrogen-bond acceptors (Lipinski definition) is 3. The number of ether oxygens (including phenoxy) is 2. The maximum Gasteiger partial charge on any atom is 0.226 e. The predicted octanol–water partition coefficient (Wildman–Crippen LogP) is 2.72. The lowest BCUT2D eigenvalue weighted by atomic mass is 10.1. The van der Waals surface area contributed by atoms with Gasteiger partial charge in [-0.25, -0.2) is 0 Å². The maximum absolute atomic E-state index is 12.1. The Morgan fingerprint density at radius 1 is 1.30 bits per heavy atom. The number of amides is 1. The van der Waals surface area contributed by atoms with Crippen LogP contribution in [-0.4, -0.2) is 44.0 Å². The minimum Gasteiger partial charge on any atom is -0.493 e. The van der Waals surface area contributed by atoms with Gasteiger partial charge >= 0.3 is 0 Å². The van der Waals surface area contributed by atoms with Crippen LogP contribution >= 0.6 is 11.6 Å². The van der Waals surface area contributed by atoms with Crippen LogP contribution in [0.1, 0.15) is 18.9 Å². The Bertz CT molecular complexity index is 449. The number of alkyl halides is 1. The van der Waals surface area contributed by atoms with Crippen molar-refractivity contribution in [3.63, 3.8) is 0 Å². The second-order valence-electron chi connectivity index (χ2n) is 4.75. The van der Waals surface area contributed by atoms with Gasteiger partial charge in [-0.2, -0.15) is 0 Å². The lowest BCUT2D eigenvalue weighted by Crippen LogP contribution is -2.30. The van der Waals surface area contributed by atoms with Crippen LogP contribution in [0.25, 0.3) is 0 Å². The Hall–Kier alpha value is -1.42. The molecule has 0 radical (unpaired) electrons. The smallest absolute Gasteiger partial charge is 0.226 e. The second kappa shape index (κ2) is 8.00. The first-order valence-electron chi connectivity index (χ1n) is 6.56. The van der Waals surface area contributed by atoms with Crippen molar-refractivity contribution in [2.75, 3.05) is 27.8 Å². The molecule has 5 heteroatoms. The van der Waals surface area contributed by atoms with Gasteiger partial charge in [-0.3, -0.25) is 4.79 Å². The van der Waals surface area contributed by atoms with Crippen molar-refractivity contribution in [2.24, 2.45) is 0 Å². The number of carbonyl (C=O) groups is 1. The van der Waals surface area contributed by atoms with E-state index in [-0.39, 0.29) is 11.3 Å². The molecule has 1 amide bonds. The summed E-state index contributed by atoms with van der Waals surface area (Å²) in [4.78, 5) is 13.8. The summed E-state index contributed by atoms with van der Waals surface area (Å²) in [5.41, 5.74) is 0.901. The van der Waals surface area contributed by atoms with Gasteiger partial charge in [-0.1, -0.05) is 6.07 Å². The summed E-state index contributed by atoms with van der Waals surface area (Å²) in [6.45, 7) is 2.59. The molecule has 0 heterocycles. The highest BCUT2D eigenvalue weighted by molar-refractivity contribution is 6.20.